The largest absolute Gasteiger partial charge is 0.509 e. The van der Waals surface area contributed by atoms with Gasteiger partial charge in [-0.15, -0.1) is 5.46 Å². The molecule has 1 heterocycles. The third kappa shape index (κ3) is 1.77. The lowest BCUT2D eigenvalue weighted by molar-refractivity contribution is 0.111. The Hall–Kier alpha value is -0.965. The molecule has 0 saturated heterocycles. The zero-order chi connectivity index (χ0) is 10.2. The quantitative estimate of drug-likeness (QED) is 0.629. The maximum atomic E-state index is 12.4. The first-order valence-electron chi connectivity index (χ1n) is 4.47. The van der Waals surface area contributed by atoms with E-state index in [4.69, 9.17) is 4.74 Å². The summed E-state index contributed by atoms with van der Waals surface area (Å²) in [7, 11) is 0. The molecule has 0 spiro atoms. The fourth-order valence-corrected chi connectivity index (χ4v) is 1.59. The molecule has 0 saturated carbocycles. The molecule has 0 atom stereocenters. The maximum absolute atomic E-state index is 12.4. The van der Waals surface area contributed by atoms with Crippen LogP contribution < -0.4 is 5.46 Å². The normalized spacial score (nSPS) is 16.5. The first-order valence-corrected chi connectivity index (χ1v) is 4.47. The fraction of sp³-hybridized carbons (Fsp3) is 0.333. The molecule has 0 aliphatic carbocycles. The summed E-state index contributed by atoms with van der Waals surface area (Å²) in [6, 6.07) is 3.92. The van der Waals surface area contributed by atoms with Crippen LogP contribution in [0.3, 0.4) is 0 Å². The van der Waals surface area contributed by atoms with Crippen molar-refractivity contribution in [3.8, 4) is 0 Å². The van der Waals surface area contributed by atoms with Gasteiger partial charge in [0.1, 0.15) is 0 Å². The van der Waals surface area contributed by atoms with E-state index in [0.717, 1.165) is 11.6 Å². The first kappa shape index (κ1) is 9.58. The SMILES string of the molecule is F[B-](F)(F)c1ccc2c(c1)COCC2. The minimum Gasteiger partial charge on any atom is -0.445 e. The molecular weight excluding hydrogens is 192 g/mol. The van der Waals surface area contributed by atoms with Gasteiger partial charge in [0.2, 0.25) is 0 Å². The Morgan fingerprint density at radius 1 is 1.14 bits per heavy atom. The van der Waals surface area contributed by atoms with Gasteiger partial charge in [0.05, 0.1) is 13.2 Å². The maximum Gasteiger partial charge on any atom is 0.509 e. The first-order chi connectivity index (χ1) is 6.57. The van der Waals surface area contributed by atoms with Gasteiger partial charge in [-0.25, -0.2) is 0 Å². The average Bonchev–Trinajstić information content (AvgIpc) is 2.16. The van der Waals surface area contributed by atoms with Crippen molar-refractivity contribution in [1.82, 2.24) is 0 Å². The van der Waals surface area contributed by atoms with E-state index >= 15 is 0 Å². The molecule has 1 aliphatic rings. The lowest BCUT2D eigenvalue weighted by Gasteiger charge is -2.21. The summed E-state index contributed by atoms with van der Waals surface area (Å²) >= 11 is 0. The predicted molar refractivity (Wildman–Crippen MR) is 48.5 cm³/mol. The third-order valence-corrected chi connectivity index (χ3v) is 2.38. The van der Waals surface area contributed by atoms with Crippen LogP contribution in [-0.4, -0.2) is 13.6 Å². The molecular formula is C9H9BF3O-. The average molecular weight is 201 g/mol. The second-order valence-corrected chi connectivity index (χ2v) is 3.41. The molecule has 1 aromatic rings. The Balaban J connectivity index is 2.39. The fourth-order valence-electron chi connectivity index (χ4n) is 1.59. The van der Waals surface area contributed by atoms with Gasteiger partial charge in [-0.05, 0) is 17.5 Å². The molecule has 1 aromatic carbocycles. The van der Waals surface area contributed by atoms with Crippen LogP contribution in [0.2, 0.25) is 0 Å². The highest BCUT2D eigenvalue weighted by atomic mass is 19.4. The van der Waals surface area contributed by atoms with Crippen molar-refractivity contribution >= 4 is 12.4 Å². The summed E-state index contributed by atoms with van der Waals surface area (Å²) < 4.78 is 42.2. The van der Waals surface area contributed by atoms with E-state index in [1.54, 1.807) is 6.07 Å². The number of hydrogen-bond donors (Lipinski definition) is 0. The highest BCUT2D eigenvalue weighted by Gasteiger charge is 2.26. The molecule has 0 bridgehead atoms. The van der Waals surface area contributed by atoms with Crippen molar-refractivity contribution in [2.75, 3.05) is 6.61 Å². The Kier molecular flexibility index (Phi) is 2.27. The van der Waals surface area contributed by atoms with Crippen molar-refractivity contribution in [1.29, 1.82) is 0 Å². The van der Waals surface area contributed by atoms with Crippen LogP contribution in [0, 0.1) is 0 Å². The molecule has 5 heteroatoms. The molecule has 0 amide bonds. The summed E-state index contributed by atoms with van der Waals surface area (Å²) in [6.45, 7) is -3.98. The standard InChI is InChI=1S/C9H9BF3O/c11-10(12,13)9-2-1-7-3-4-14-6-8(7)5-9/h1-2,5H,3-4,6H2/q-1. The Bertz CT molecular complexity index is 348. The smallest absolute Gasteiger partial charge is 0.445 e. The van der Waals surface area contributed by atoms with E-state index in [0.29, 0.717) is 25.2 Å². The summed E-state index contributed by atoms with van der Waals surface area (Å²) in [5.74, 6) is 0. The molecule has 2 rings (SSSR count). The topological polar surface area (TPSA) is 9.23 Å². The number of rotatable bonds is 1. The van der Waals surface area contributed by atoms with E-state index in [1.165, 1.54) is 6.07 Å². The van der Waals surface area contributed by atoms with Crippen molar-refractivity contribution < 1.29 is 17.7 Å². The Labute approximate surface area is 79.9 Å². The van der Waals surface area contributed by atoms with Gasteiger partial charge in [-0.3, -0.25) is 0 Å². The van der Waals surface area contributed by atoms with Gasteiger partial charge in [-0.1, -0.05) is 18.2 Å². The van der Waals surface area contributed by atoms with Gasteiger partial charge in [0, 0.05) is 0 Å². The molecule has 76 valence electrons. The monoisotopic (exact) mass is 201 g/mol. The Morgan fingerprint density at radius 2 is 1.93 bits per heavy atom. The van der Waals surface area contributed by atoms with Gasteiger partial charge in [0.15, 0.2) is 0 Å². The highest BCUT2D eigenvalue weighted by molar-refractivity contribution is 6.73. The molecule has 1 aliphatic heterocycles. The number of fused-ring (bicyclic) bond motifs is 1. The molecule has 0 aromatic heterocycles. The van der Waals surface area contributed by atoms with E-state index in [1.807, 2.05) is 0 Å². The summed E-state index contributed by atoms with van der Waals surface area (Å²) in [5, 5.41) is 0. The van der Waals surface area contributed by atoms with Crippen LogP contribution in [0.4, 0.5) is 12.9 Å². The third-order valence-electron chi connectivity index (χ3n) is 2.38. The molecule has 1 nitrogen and oxygen atoms in total. The number of hydrogen-bond acceptors (Lipinski definition) is 1. The van der Waals surface area contributed by atoms with E-state index < -0.39 is 12.4 Å². The van der Waals surface area contributed by atoms with Crippen molar-refractivity contribution in [3.63, 3.8) is 0 Å². The molecule has 14 heavy (non-hydrogen) atoms. The van der Waals surface area contributed by atoms with Gasteiger partial charge in [0.25, 0.3) is 0 Å². The van der Waals surface area contributed by atoms with Gasteiger partial charge < -0.3 is 17.7 Å². The summed E-state index contributed by atoms with van der Waals surface area (Å²) in [6.07, 6.45) is 0.709. The van der Waals surface area contributed by atoms with E-state index in [2.05, 4.69) is 0 Å². The Morgan fingerprint density at radius 3 is 2.64 bits per heavy atom. The van der Waals surface area contributed by atoms with Crippen LogP contribution in [-0.2, 0) is 17.8 Å². The van der Waals surface area contributed by atoms with Crippen molar-refractivity contribution in [2.45, 2.75) is 13.0 Å². The van der Waals surface area contributed by atoms with Crippen molar-refractivity contribution in [2.24, 2.45) is 0 Å². The number of halogens is 3. The van der Waals surface area contributed by atoms with Crippen LogP contribution in [0.15, 0.2) is 18.2 Å². The van der Waals surface area contributed by atoms with Gasteiger partial charge >= 0.3 is 6.98 Å². The second-order valence-electron chi connectivity index (χ2n) is 3.41. The number of benzene rings is 1. The minimum absolute atomic E-state index is 0.301. The summed E-state index contributed by atoms with van der Waals surface area (Å²) in [5.41, 5.74) is 1.11. The second kappa shape index (κ2) is 3.31. The molecule has 0 radical (unpaired) electrons. The lowest BCUT2D eigenvalue weighted by Crippen LogP contribution is -2.34. The van der Waals surface area contributed by atoms with Crippen molar-refractivity contribution in [3.05, 3.63) is 29.3 Å². The molecule has 0 unspecified atom stereocenters. The minimum atomic E-state index is -4.88. The van der Waals surface area contributed by atoms with Crippen LogP contribution in [0.1, 0.15) is 11.1 Å². The van der Waals surface area contributed by atoms with Crippen LogP contribution in [0.5, 0.6) is 0 Å². The zero-order valence-electron chi connectivity index (χ0n) is 7.47. The summed E-state index contributed by atoms with van der Waals surface area (Å²) in [4.78, 5) is 0. The number of ether oxygens (including phenoxy) is 1. The highest BCUT2D eigenvalue weighted by Crippen LogP contribution is 2.18. The molecule has 0 fully saturated rings. The van der Waals surface area contributed by atoms with Crippen LogP contribution in [0.25, 0.3) is 0 Å². The van der Waals surface area contributed by atoms with E-state index in [9.17, 15) is 12.9 Å². The van der Waals surface area contributed by atoms with Crippen LogP contribution >= 0.6 is 0 Å². The van der Waals surface area contributed by atoms with Gasteiger partial charge in [-0.2, -0.15) is 0 Å². The van der Waals surface area contributed by atoms with E-state index in [-0.39, 0.29) is 0 Å². The zero-order valence-corrected chi connectivity index (χ0v) is 7.47. The predicted octanol–water partition coefficient (Wildman–Crippen LogP) is 1.81. The molecule has 0 N–H and O–H groups in total. The lowest BCUT2D eigenvalue weighted by atomic mass is 9.78.